The van der Waals surface area contributed by atoms with Crippen molar-refractivity contribution < 1.29 is 24.5 Å². The van der Waals surface area contributed by atoms with E-state index in [0.29, 0.717) is 24.3 Å². The number of carbonyl (C=O) groups excluding carboxylic acids is 1. The lowest BCUT2D eigenvalue weighted by Gasteiger charge is -2.65. The van der Waals surface area contributed by atoms with Crippen molar-refractivity contribution in [2.24, 2.45) is 11.3 Å². The molecule has 3 heterocycles. The molecule has 6 heteroatoms. The van der Waals surface area contributed by atoms with E-state index in [-0.39, 0.29) is 11.2 Å². The van der Waals surface area contributed by atoms with Crippen LogP contribution in [0.15, 0.2) is 35.9 Å². The first-order valence-electron chi connectivity index (χ1n) is 14.1. The van der Waals surface area contributed by atoms with Crippen LogP contribution in [0.4, 0.5) is 0 Å². The van der Waals surface area contributed by atoms with E-state index in [1.54, 1.807) is 19.9 Å². The summed E-state index contributed by atoms with van der Waals surface area (Å²) in [4.78, 5) is 17.0. The molecule has 38 heavy (non-hydrogen) atoms. The van der Waals surface area contributed by atoms with Crippen LogP contribution >= 0.6 is 0 Å². The average molecular weight is 518 g/mol. The molecule has 5 aliphatic rings. The molecule has 7 rings (SSSR count). The van der Waals surface area contributed by atoms with Crippen LogP contribution in [0.3, 0.4) is 0 Å². The third kappa shape index (κ3) is 2.85. The van der Waals surface area contributed by atoms with Gasteiger partial charge in [-0.1, -0.05) is 32.1 Å². The molecule has 2 aromatic rings. The van der Waals surface area contributed by atoms with E-state index in [4.69, 9.17) is 9.47 Å². The number of hydrogen-bond acceptors (Lipinski definition) is 5. The van der Waals surface area contributed by atoms with Gasteiger partial charge < -0.3 is 24.7 Å². The second-order valence-corrected chi connectivity index (χ2v) is 14.0. The predicted octanol–water partition coefficient (Wildman–Crippen LogP) is 5.11. The molecule has 1 aromatic carbocycles. The quantitative estimate of drug-likeness (QED) is 0.515. The number of H-pyrrole nitrogens is 1. The van der Waals surface area contributed by atoms with Gasteiger partial charge in [0.05, 0.1) is 11.2 Å². The zero-order chi connectivity index (χ0) is 27.1. The van der Waals surface area contributed by atoms with E-state index in [0.717, 1.165) is 30.3 Å². The minimum Gasteiger partial charge on any atom is -0.386 e. The van der Waals surface area contributed by atoms with Gasteiger partial charge in [0.15, 0.2) is 17.7 Å². The normalized spacial score (nSPS) is 41.2. The maximum Gasteiger partial charge on any atom is 0.195 e. The smallest absolute Gasteiger partial charge is 0.195 e. The first-order chi connectivity index (χ1) is 17.6. The molecule has 3 N–H and O–H groups in total. The maximum atomic E-state index is 13.2. The van der Waals surface area contributed by atoms with Crippen LogP contribution < -0.4 is 0 Å². The lowest BCUT2D eigenvalue weighted by atomic mass is 9.42. The van der Waals surface area contributed by atoms with Gasteiger partial charge in [0.1, 0.15) is 5.60 Å². The number of rotatable bonds is 2. The summed E-state index contributed by atoms with van der Waals surface area (Å²) in [5.41, 5.74) is 1.71. The van der Waals surface area contributed by atoms with Crippen molar-refractivity contribution in [1.82, 2.24) is 4.98 Å². The number of aliphatic hydroxyl groups is 2. The minimum absolute atomic E-state index is 0.104. The van der Waals surface area contributed by atoms with Crippen molar-refractivity contribution in [2.75, 3.05) is 0 Å². The fourth-order valence-electron chi connectivity index (χ4n) is 8.86. The highest BCUT2D eigenvalue weighted by molar-refractivity contribution is 5.97. The number of nitrogens with one attached hydrogen (secondary N) is 1. The molecule has 202 valence electrons. The summed E-state index contributed by atoms with van der Waals surface area (Å²) in [5, 5.41) is 24.1. The van der Waals surface area contributed by atoms with E-state index in [1.165, 1.54) is 16.6 Å². The number of carbonyl (C=O) groups is 1. The van der Waals surface area contributed by atoms with Gasteiger partial charge in [-0.25, -0.2) is 0 Å². The molecule has 3 fully saturated rings. The van der Waals surface area contributed by atoms with E-state index in [9.17, 15) is 15.0 Å². The summed E-state index contributed by atoms with van der Waals surface area (Å²) < 4.78 is 12.9. The van der Waals surface area contributed by atoms with Crippen molar-refractivity contribution in [3.05, 3.63) is 52.7 Å². The molecule has 2 bridgehead atoms. The Hall–Kier alpha value is -2.25. The monoisotopic (exact) mass is 517 g/mol. The van der Waals surface area contributed by atoms with E-state index < -0.39 is 34.1 Å². The van der Waals surface area contributed by atoms with Gasteiger partial charge >= 0.3 is 0 Å². The number of fused-ring (bicyclic) bond motifs is 9. The van der Waals surface area contributed by atoms with Crippen LogP contribution in [0.1, 0.15) is 84.0 Å². The zero-order valence-electron chi connectivity index (χ0n) is 23.3. The Labute approximate surface area is 224 Å². The summed E-state index contributed by atoms with van der Waals surface area (Å²) in [6.07, 6.45) is 8.61. The Morgan fingerprint density at radius 2 is 1.89 bits per heavy atom. The summed E-state index contributed by atoms with van der Waals surface area (Å²) in [5.74, 6) is -0.742. The molecule has 0 radical (unpaired) electrons. The van der Waals surface area contributed by atoms with Gasteiger partial charge in [-0.05, 0) is 88.6 Å². The molecule has 6 atom stereocenters. The van der Waals surface area contributed by atoms with E-state index in [2.05, 4.69) is 37.0 Å². The lowest BCUT2D eigenvalue weighted by Crippen LogP contribution is -2.69. The Morgan fingerprint density at radius 3 is 2.63 bits per heavy atom. The van der Waals surface area contributed by atoms with Gasteiger partial charge in [0.2, 0.25) is 0 Å². The third-order valence-corrected chi connectivity index (χ3v) is 11.0. The molecule has 1 spiro atoms. The first-order valence-corrected chi connectivity index (χ1v) is 14.1. The van der Waals surface area contributed by atoms with Crippen LogP contribution in [-0.2, 0) is 26.1 Å². The Morgan fingerprint density at radius 1 is 1.13 bits per heavy atom. The number of aromatic amines is 1. The van der Waals surface area contributed by atoms with Crippen LogP contribution in [0, 0.1) is 11.3 Å². The van der Waals surface area contributed by atoms with Crippen molar-refractivity contribution in [3.8, 4) is 0 Å². The predicted molar refractivity (Wildman–Crippen MR) is 146 cm³/mol. The number of ketones is 1. The number of benzene rings is 1. The van der Waals surface area contributed by atoms with Gasteiger partial charge in [0, 0.05) is 39.4 Å². The molecule has 3 aliphatic carbocycles. The largest absolute Gasteiger partial charge is 0.386 e. The zero-order valence-corrected chi connectivity index (χ0v) is 23.3. The molecule has 2 aliphatic heterocycles. The summed E-state index contributed by atoms with van der Waals surface area (Å²) >= 11 is 0. The lowest BCUT2D eigenvalue weighted by molar-refractivity contribution is -0.247. The van der Waals surface area contributed by atoms with Gasteiger partial charge in [-0.3, -0.25) is 4.79 Å². The van der Waals surface area contributed by atoms with Gasteiger partial charge in [-0.2, -0.15) is 0 Å². The summed E-state index contributed by atoms with van der Waals surface area (Å²) in [6, 6.07) is 6.40. The van der Waals surface area contributed by atoms with Crippen molar-refractivity contribution in [2.45, 2.75) is 108 Å². The van der Waals surface area contributed by atoms with Crippen molar-refractivity contribution >= 4 is 22.8 Å². The summed E-state index contributed by atoms with van der Waals surface area (Å²) in [7, 11) is 0. The van der Waals surface area contributed by atoms with E-state index >= 15 is 0 Å². The molecule has 6 nitrogen and oxygen atoms in total. The molecule has 0 unspecified atom stereocenters. The van der Waals surface area contributed by atoms with Gasteiger partial charge in [0.25, 0.3) is 0 Å². The van der Waals surface area contributed by atoms with Crippen LogP contribution in [-0.4, -0.2) is 49.7 Å². The second kappa shape index (κ2) is 7.08. The highest BCUT2D eigenvalue weighted by Gasteiger charge is 2.75. The highest BCUT2D eigenvalue weighted by Crippen LogP contribution is 2.71. The Kier molecular flexibility index (Phi) is 4.62. The molecule has 0 amide bonds. The number of hydrogen-bond donors (Lipinski definition) is 3. The average Bonchev–Trinajstić information content (AvgIpc) is 3.41. The van der Waals surface area contributed by atoms with Crippen LogP contribution in [0.2, 0.25) is 0 Å². The molecule has 2 saturated carbocycles. The second-order valence-electron chi connectivity index (χ2n) is 14.0. The topological polar surface area (TPSA) is 91.8 Å². The van der Waals surface area contributed by atoms with Crippen LogP contribution in [0.5, 0.6) is 0 Å². The van der Waals surface area contributed by atoms with E-state index in [1.807, 2.05) is 26.0 Å². The van der Waals surface area contributed by atoms with Crippen LogP contribution in [0.25, 0.3) is 17.0 Å². The maximum absolute atomic E-state index is 13.2. The number of ether oxygens (including phenoxy) is 2. The third-order valence-electron chi connectivity index (χ3n) is 11.0. The molecular formula is C32H39NO5. The Balaban J connectivity index is 1.35. The summed E-state index contributed by atoms with van der Waals surface area (Å²) in [6.45, 7) is 11.9. The minimum atomic E-state index is -1.21. The molecular weight excluding hydrogens is 478 g/mol. The Bertz CT molecular complexity index is 1460. The highest BCUT2D eigenvalue weighted by atomic mass is 16.8. The first kappa shape index (κ1) is 24.8. The van der Waals surface area contributed by atoms with Crippen molar-refractivity contribution in [3.63, 3.8) is 0 Å². The SMILES string of the molecule is CC(C)(O)/C=C\c1ccc2[nH]c3c(c2c1)C[C@@H]1CC[C@@]2(O)C4=CC(=O)[C@@H]5O[C@@]4(CC[C@]2(C)[C@@]31C)OC5(C)C. The molecule has 1 saturated heterocycles. The van der Waals surface area contributed by atoms with Crippen molar-refractivity contribution in [1.29, 1.82) is 0 Å². The molecule has 1 aromatic heterocycles. The fraction of sp³-hybridized carbons (Fsp3) is 0.594. The standard InChI is InChI=1S/C32H39NO5/c1-27(2,35)11-9-18-7-8-22-20(15-18)21-16-19-10-12-31(36)24-17-23(34)26-28(3,4)38-32(24,37-26)14-13-29(31,5)30(19,6)25(21)33-22/h7-9,11,15,17,19,26,33,35-36H,10,12-14,16H2,1-6H3/b11-9-/t19-,26-,29+,30+,31+,32-/m0/s1. The fourth-order valence-corrected chi connectivity index (χ4v) is 8.86. The number of aromatic nitrogens is 1. The van der Waals surface area contributed by atoms with Gasteiger partial charge in [-0.15, -0.1) is 0 Å².